The van der Waals surface area contributed by atoms with E-state index in [0.717, 1.165) is 0 Å². The fourth-order valence-electron chi connectivity index (χ4n) is 0.946. The number of halogens is 1. The average Bonchev–Trinajstić information content (AvgIpc) is 2.48. The van der Waals surface area contributed by atoms with Crippen LogP contribution in [0.1, 0.15) is 13.8 Å². The molecule has 0 bridgehead atoms. The highest BCUT2D eigenvalue weighted by atomic mass is 35.5. The van der Waals surface area contributed by atoms with Crippen molar-refractivity contribution in [2.75, 3.05) is 6.54 Å². The number of aromatic nitrogens is 2. The molecule has 1 heterocycles. The van der Waals surface area contributed by atoms with Gasteiger partial charge in [-0.15, -0.1) is 0 Å². The van der Waals surface area contributed by atoms with Crippen LogP contribution in [0.2, 0.25) is 5.02 Å². The lowest BCUT2D eigenvalue weighted by atomic mass is 10.2. The summed E-state index contributed by atoms with van der Waals surface area (Å²) >= 11 is 5.66. The van der Waals surface area contributed by atoms with Gasteiger partial charge >= 0.3 is 0 Å². The summed E-state index contributed by atoms with van der Waals surface area (Å²) in [6.07, 6.45) is 3.13. The zero-order valence-corrected chi connectivity index (χ0v) is 9.08. The maximum atomic E-state index is 11.3. The van der Waals surface area contributed by atoms with E-state index < -0.39 is 0 Å². The van der Waals surface area contributed by atoms with Crippen molar-refractivity contribution in [1.29, 1.82) is 0 Å². The summed E-state index contributed by atoms with van der Waals surface area (Å²) in [5.74, 6) is 0.415. The second kappa shape index (κ2) is 5.00. The fraction of sp³-hybridized carbons (Fsp3) is 0.556. The molecule has 14 heavy (non-hydrogen) atoms. The van der Waals surface area contributed by atoms with Crippen molar-refractivity contribution in [3.63, 3.8) is 0 Å². The Morgan fingerprint density at radius 3 is 2.93 bits per heavy atom. The number of amides is 1. The number of carbonyl (C=O) groups excluding carboxylic acids is 1. The van der Waals surface area contributed by atoms with Gasteiger partial charge in [0.05, 0.1) is 11.2 Å². The minimum atomic E-state index is -0.0431. The zero-order chi connectivity index (χ0) is 10.6. The van der Waals surface area contributed by atoms with Crippen molar-refractivity contribution in [2.45, 2.75) is 20.4 Å². The first-order valence-corrected chi connectivity index (χ1v) is 4.90. The molecule has 0 aliphatic carbocycles. The van der Waals surface area contributed by atoms with Crippen molar-refractivity contribution in [1.82, 2.24) is 15.1 Å². The summed E-state index contributed by atoms with van der Waals surface area (Å²) in [7, 11) is 0. The van der Waals surface area contributed by atoms with E-state index in [9.17, 15) is 4.79 Å². The predicted octanol–water partition coefficient (Wildman–Crippen LogP) is 1.31. The van der Waals surface area contributed by atoms with E-state index in [1.54, 1.807) is 6.20 Å². The van der Waals surface area contributed by atoms with Crippen LogP contribution in [-0.4, -0.2) is 22.2 Å². The Morgan fingerprint density at radius 2 is 2.43 bits per heavy atom. The molecule has 1 N–H and O–H groups in total. The van der Waals surface area contributed by atoms with E-state index in [1.807, 2.05) is 13.8 Å². The lowest BCUT2D eigenvalue weighted by molar-refractivity contribution is -0.122. The van der Waals surface area contributed by atoms with Crippen LogP contribution in [0.3, 0.4) is 0 Å². The molecule has 0 aromatic carbocycles. The topological polar surface area (TPSA) is 46.9 Å². The van der Waals surface area contributed by atoms with Gasteiger partial charge in [0, 0.05) is 12.7 Å². The van der Waals surface area contributed by atoms with Gasteiger partial charge in [0.25, 0.3) is 0 Å². The van der Waals surface area contributed by atoms with Crippen LogP contribution in [0.25, 0.3) is 0 Å². The van der Waals surface area contributed by atoms with Gasteiger partial charge in [0.1, 0.15) is 6.54 Å². The molecule has 1 aromatic heterocycles. The maximum absolute atomic E-state index is 11.3. The SMILES string of the molecule is CC(C)CNC(=O)Cn1cc(Cl)cn1. The predicted molar refractivity (Wildman–Crippen MR) is 55.1 cm³/mol. The van der Waals surface area contributed by atoms with Crippen molar-refractivity contribution in [3.8, 4) is 0 Å². The molecule has 78 valence electrons. The Balaban J connectivity index is 2.34. The van der Waals surface area contributed by atoms with E-state index in [2.05, 4.69) is 10.4 Å². The van der Waals surface area contributed by atoms with Crippen LogP contribution in [0.5, 0.6) is 0 Å². The molecule has 0 radical (unpaired) electrons. The molecule has 0 unspecified atom stereocenters. The van der Waals surface area contributed by atoms with Gasteiger partial charge in [0.15, 0.2) is 0 Å². The van der Waals surface area contributed by atoms with Crippen molar-refractivity contribution < 1.29 is 4.79 Å². The summed E-state index contributed by atoms with van der Waals surface area (Å²) in [6.45, 7) is 5.00. The molecule has 0 aliphatic rings. The standard InChI is InChI=1S/C9H14ClN3O/c1-7(2)3-11-9(14)6-13-5-8(10)4-12-13/h4-5,7H,3,6H2,1-2H3,(H,11,14). The third-order valence-corrected chi connectivity index (χ3v) is 1.81. The number of nitrogens with one attached hydrogen (secondary N) is 1. The Labute approximate surface area is 88.2 Å². The molecule has 0 aliphatic heterocycles. The third kappa shape index (κ3) is 3.79. The average molecular weight is 216 g/mol. The lowest BCUT2D eigenvalue weighted by Crippen LogP contribution is -2.30. The van der Waals surface area contributed by atoms with Gasteiger partial charge < -0.3 is 5.32 Å². The van der Waals surface area contributed by atoms with Crippen LogP contribution < -0.4 is 5.32 Å². The van der Waals surface area contributed by atoms with Crippen LogP contribution in [0, 0.1) is 5.92 Å². The number of rotatable bonds is 4. The fourth-order valence-corrected chi connectivity index (χ4v) is 1.10. The van der Waals surface area contributed by atoms with Gasteiger partial charge in [-0.3, -0.25) is 9.48 Å². The summed E-state index contributed by atoms with van der Waals surface area (Å²) in [5, 5.41) is 7.25. The monoisotopic (exact) mass is 215 g/mol. The number of nitrogens with zero attached hydrogens (tertiary/aromatic N) is 2. The summed E-state index contributed by atoms with van der Waals surface area (Å²) < 4.78 is 1.51. The first-order chi connectivity index (χ1) is 6.58. The molecular formula is C9H14ClN3O. The van der Waals surface area contributed by atoms with Gasteiger partial charge in [-0.2, -0.15) is 5.10 Å². The minimum Gasteiger partial charge on any atom is -0.354 e. The van der Waals surface area contributed by atoms with Crippen LogP contribution in [-0.2, 0) is 11.3 Å². The van der Waals surface area contributed by atoms with E-state index in [1.165, 1.54) is 10.9 Å². The van der Waals surface area contributed by atoms with E-state index in [-0.39, 0.29) is 12.5 Å². The summed E-state index contributed by atoms with van der Waals surface area (Å²) in [4.78, 5) is 11.3. The smallest absolute Gasteiger partial charge is 0.241 e. The largest absolute Gasteiger partial charge is 0.354 e. The Bertz CT molecular complexity index is 309. The highest BCUT2D eigenvalue weighted by Crippen LogP contribution is 2.03. The van der Waals surface area contributed by atoms with Gasteiger partial charge in [-0.1, -0.05) is 25.4 Å². The zero-order valence-electron chi connectivity index (χ0n) is 8.33. The highest BCUT2D eigenvalue weighted by molar-refractivity contribution is 6.30. The molecule has 5 heteroatoms. The molecular weight excluding hydrogens is 202 g/mol. The lowest BCUT2D eigenvalue weighted by Gasteiger charge is -2.07. The van der Waals surface area contributed by atoms with Crippen molar-refractivity contribution in [2.24, 2.45) is 5.92 Å². The van der Waals surface area contributed by atoms with Crippen molar-refractivity contribution in [3.05, 3.63) is 17.4 Å². The number of hydrogen-bond acceptors (Lipinski definition) is 2. The molecule has 0 saturated carbocycles. The van der Waals surface area contributed by atoms with Crippen LogP contribution >= 0.6 is 11.6 Å². The van der Waals surface area contributed by atoms with Gasteiger partial charge in [-0.05, 0) is 5.92 Å². The summed E-state index contributed by atoms with van der Waals surface area (Å²) in [5.41, 5.74) is 0. The molecule has 0 fully saturated rings. The maximum Gasteiger partial charge on any atom is 0.241 e. The first kappa shape index (κ1) is 11.0. The number of carbonyl (C=O) groups is 1. The van der Waals surface area contributed by atoms with Gasteiger partial charge in [-0.25, -0.2) is 0 Å². The molecule has 1 amide bonds. The van der Waals surface area contributed by atoms with Crippen molar-refractivity contribution >= 4 is 17.5 Å². The first-order valence-electron chi connectivity index (χ1n) is 4.52. The molecule has 0 atom stereocenters. The molecule has 1 aromatic rings. The quantitative estimate of drug-likeness (QED) is 0.823. The normalized spacial score (nSPS) is 10.6. The van der Waals surface area contributed by atoms with E-state index in [4.69, 9.17) is 11.6 Å². The Hall–Kier alpha value is -1.03. The Morgan fingerprint density at radius 1 is 1.71 bits per heavy atom. The molecule has 1 rings (SSSR count). The third-order valence-electron chi connectivity index (χ3n) is 1.61. The highest BCUT2D eigenvalue weighted by Gasteiger charge is 2.04. The number of hydrogen-bond donors (Lipinski definition) is 1. The summed E-state index contributed by atoms with van der Waals surface area (Å²) in [6, 6.07) is 0. The van der Waals surface area contributed by atoms with Gasteiger partial charge in [0.2, 0.25) is 5.91 Å². The molecule has 0 spiro atoms. The minimum absolute atomic E-state index is 0.0431. The van der Waals surface area contributed by atoms with Crippen LogP contribution in [0.4, 0.5) is 0 Å². The van der Waals surface area contributed by atoms with E-state index in [0.29, 0.717) is 17.5 Å². The molecule has 4 nitrogen and oxygen atoms in total. The van der Waals surface area contributed by atoms with Crippen LogP contribution in [0.15, 0.2) is 12.4 Å². The molecule has 0 saturated heterocycles. The second-order valence-corrected chi connectivity index (χ2v) is 3.99. The Kier molecular flexibility index (Phi) is 3.95. The second-order valence-electron chi connectivity index (χ2n) is 3.55. The van der Waals surface area contributed by atoms with E-state index >= 15 is 0 Å².